The zero-order valence-corrected chi connectivity index (χ0v) is 10.4. The van der Waals surface area contributed by atoms with Crippen LogP contribution in [0.4, 0.5) is 0 Å². The molecule has 0 bridgehead atoms. The number of ether oxygens (including phenoxy) is 1. The van der Waals surface area contributed by atoms with Crippen LogP contribution in [0.5, 0.6) is 0 Å². The molecule has 3 nitrogen and oxygen atoms in total. The Hall–Kier alpha value is -0.220. The van der Waals surface area contributed by atoms with Crippen LogP contribution >= 0.6 is 11.8 Å². The molecule has 0 radical (unpaired) electrons. The topological polar surface area (TPSA) is 38.3 Å². The van der Waals surface area contributed by atoms with Crippen LogP contribution in [-0.2, 0) is 9.53 Å². The second-order valence-electron chi connectivity index (χ2n) is 3.83. The third-order valence-electron chi connectivity index (χ3n) is 2.72. The first-order valence-corrected chi connectivity index (χ1v) is 6.78. The molecule has 1 aliphatic carbocycles. The van der Waals surface area contributed by atoms with E-state index in [1.807, 2.05) is 25.7 Å². The normalized spacial score (nSPS) is 19.1. The summed E-state index contributed by atoms with van der Waals surface area (Å²) < 4.78 is 5.00. The molecule has 0 aromatic carbocycles. The fourth-order valence-corrected chi connectivity index (χ4v) is 3.23. The molecule has 15 heavy (non-hydrogen) atoms. The van der Waals surface area contributed by atoms with E-state index >= 15 is 0 Å². The van der Waals surface area contributed by atoms with Crippen molar-refractivity contribution >= 4 is 17.7 Å². The van der Waals surface area contributed by atoms with Crippen molar-refractivity contribution < 1.29 is 9.53 Å². The van der Waals surface area contributed by atoms with E-state index < -0.39 is 0 Å². The molecule has 0 saturated heterocycles. The fourth-order valence-electron chi connectivity index (χ4n) is 1.80. The van der Waals surface area contributed by atoms with Gasteiger partial charge in [-0.05, 0) is 26.8 Å². The van der Waals surface area contributed by atoms with Crippen molar-refractivity contribution in [2.24, 2.45) is 0 Å². The molecule has 0 aliphatic heterocycles. The monoisotopic (exact) mass is 231 g/mol. The van der Waals surface area contributed by atoms with E-state index in [2.05, 4.69) is 5.32 Å². The van der Waals surface area contributed by atoms with Crippen LogP contribution in [-0.4, -0.2) is 36.7 Å². The first kappa shape index (κ1) is 12.8. The summed E-state index contributed by atoms with van der Waals surface area (Å²) in [4.78, 5) is 11.5. The molecule has 1 unspecified atom stereocenters. The highest BCUT2D eigenvalue weighted by Crippen LogP contribution is 2.29. The third-order valence-corrected chi connectivity index (χ3v) is 4.19. The number of hydrogen-bond acceptors (Lipinski definition) is 4. The van der Waals surface area contributed by atoms with Gasteiger partial charge in [-0.2, -0.15) is 11.8 Å². The van der Waals surface area contributed by atoms with Crippen molar-refractivity contribution in [1.29, 1.82) is 0 Å². The molecule has 0 amide bonds. The number of rotatable bonds is 6. The van der Waals surface area contributed by atoms with Crippen molar-refractivity contribution in [2.75, 3.05) is 19.4 Å². The fraction of sp³-hybridized carbons (Fsp3) is 0.909. The molecule has 1 fully saturated rings. The van der Waals surface area contributed by atoms with Crippen LogP contribution in [0.2, 0.25) is 0 Å². The Bertz CT molecular complexity index is 193. The molecular weight excluding hydrogens is 210 g/mol. The van der Waals surface area contributed by atoms with Gasteiger partial charge < -0.3 is 10.1 Å². The van der Waals surface area contributed by atoms with Crippen LogP contribution in [0.3, 0.4) is 0 Å². The molecule has 1 saturated carbocycles. The lowest BCUT2D eigenvalue weighted by Gasteiger charge is -2.16. The Morgan fingerprint density at radius 3 is 2.73 bits per heavy atom. The second kappa shape index (κ2) is 7.12. The molecule has 0 heterocycles. The molecule has 4 heteroatoms. The van der Waals surface area contributed by atoms with Gasteiger partial charge in [0.1, 0.15) is 6.04 Å². The summed E-state index contributed by atoms with van der Waals surface area (Å²) in [7, 11) is 1.82. The molecule has 1 atom stereocenters. The van der Waals surface area contributed by atoms with Gasteiger partial charge in [0.25, 0.3) is 0 Å². The van der Waals surface area contributed by atoms with E-state index in [4.69, 9.17) is 4.74 Å². The molecule has 1 N–H and O–H groups in total. The van der Waals surface area contributed by atoms with Crippen molar-refractivity contribution in [1.82, 2.24) is 5.32 Å². The molecular formula is C11H21NO2S. The first-order valence-electron chi connectivity index (χ1n) is 5.73. The van der Waals surface area contributed by atoms with Gasteiger partial charge in [0.05, 0.1) is 6.61 Å². The van der Waals surface area contributed by atoms with Gasteiger partial charge in [0, 0.05) is 11.0 Å². The van der Waals surface area contributed by atoms with Gasteiger partial charge in [-0.1, -0.05) is 12.8 Å². The minimum absolute atomic E-state index is 0.120. The summed E-state index contributed by atoms with van der Waals surface area (Å²) in [5.74, 6) is 0.713. The highest BCUT2D eigenvalue weighted by molar-refractivity contribution is 8.00. The Morgan fingerprint density at radius 1 is 1.53 bits per heavy atom. The van der Waals surface area contributed by atoms with Crippen molar-refractivity contribution in [3.8, 4) is 0 Å². The highest BCUT2D eigenvalue weighted by atomic mass is 32.2. The molecule has 88 valence electrons. The SMILES string of the molecule is CCOC(=O)C(CSC1CCCC1)NC. The maximum atomic E-state index is 11.5. The van der Waals surface area contributed by atoms with Crippen molar-refractivity contribution in [3.05, 3.63) is 0 Å². The van der Waals surface area contributed by atoms with E-state index in [1.165, 1.54) is 25.7 Å². The first-order chi connectivity index (χ1) is 7.27. The smallest absolute Gasteiger partial charge is 0.323 e. The quantitative estimate of drug-likeness (QED) is 0.708. The number of hydrogen-bond donors (Lipinski definition) is 1. The molecule has 1 aliphatic rings. The molecule has 0 aromatic rings. The summed E-state index contributed by atoms with van der Waals surface area (Å²) in [6.45, 7) is 2.31. The largest absolute Gasteiger partial charge is 0.465 e. The average molecular weight is 231 g/mol. The van der Waals surface area contributed by atoms with E-state index in [9.17, 15) is 4.79 Å². The van der Waals surface area contributed by atoms with Crippen LogP contribution in [0.15, 0.2) is 0 Å². The number of nitrogens with one attached hydrogen (secondary N) is 1. The number of carbonyl (C=O) groups is 1. The van der Waals surface area contributed by atoms with E-state index in [0.29, 0.717) is 6.61 Å². The minimum Gasteiger partial charge on any atom is -0.465 e. The third kappa shape index (κ3) is 4.43. The summed E-state index contributed by atoms with van der Waals surface area (Å²) in [5, 5.41) is 3.77. The van der Waals surface area contributed by atoms with E-state index in [1.54, 1.807) is 0 Å². The molecule has 0 aromatic heterocycles. The second-order valence-corrected chi connectivity index (χ2v) is 5.17. The summed E-state index contributed by atoms with van der Waals surface area (Å²) in [6, 6.07) is -0.143. The van der Waals surface area contributed by atoms with Gasteiger partial charge in [0.15, 0.2) is 0 Å². The molecule has 1 rings (SSSR count). The van der Waals surface area contributed by atoms with Gasteiger partial charge in [-0.25, -0.2) is 0 Å². The van der Waals surface area contributed by atoms with Crippen molar-refractivity contribution in [3.63, 3.8) is 0 Å². The zero-order valence-electron chi connectivity index (χ0n) is 9.62. The van der Waals surface area contributed by atoms with Gasteiger partial charge in [0.2, 0.25) is 0 Å². The lowest BCUT2D eigenvalue weighted by atomic mass is 10.3. The van der Waals surface area contributed by atoms with Gasteiger partial charge in [-0.3, -0.25) is 4.79 Å². The number of thioether (sulfide) groups is 1. The van der Waals surface area contributed by atoms with Crippen molar-refractivity contribution in [2.45, 2.75) is 43.9 Å². The summed E-state index contributed by atoms with van der Waals surface area (Å²) >= 11 is 1.91. The van der Waals surface area contributed by atoms with Crippen LogP contribution in [0.1, 0.15) is 32.6 Å². The lowest BCUT2D eigenvalue weighted by molar-refractivity contribution is -0.144. The van der Waals surface area contributed by atoms with Crippen LogP contribution in [0, 0.1) is 0 Å². The maximum Gasteiger partial charge on any atom is 0.323 e. The highest BCUT2D eigenvalue weighted by Gasteiger charge is 2.21. The average Bonchev–Trinajstić information content (AvgIpc) is 2.72. The van der Waals surface area contributed by atoms with E-state index in [0.717, 1.165) is 11.0 Å². The van der Waals surface area contributed by atoms with Crippen LogP contribution in [0.25, 0.3) is 0 Å². The Balaban J connectivity index is 2.23. The minimum atomic E-state index is -0.143. The van der Waals surface area contributed by atoms with Crippen LogP contribution < -0.4 is 5.32 Å². The Kier molecular flexibility index (Phi) is 6.10. The predicted octanol–water partition coefficient (Wildman–Crippen LogP) is 1.81. The molecule has 0 spiro atoms. The number of carbonyl (C=O) groups excluding carboxylic acids is 1. The Labute approximate surface area is 96.3 Å². The van der Waals surface area contributed by atoms with Gasteiger partial charge in [-0.15, -0.1) is 0 Å². The Morgan fingerprint density at radius 2 is 2.20 bits per heavy atom. The van der Waals surface area contributed by atoms with Gasteiger partial charge >= 0.3 is 5.97 Å². The summed E-state index contributed by atoms with van der Waals surface area (Å²) in [6.07, 6.45) is 5.32. The predicted molar refractivity (Wildman–Crippen MR) is 64.2 cm³/mol. The number of likely N-dealkylation sites (N-methyl/N-ethyl adjacent to an activating group) is 1. The standard InChI is InChI=1S/C11H21NO2S/c1-3-14-11(13)10(12-2)8-15-9-6-4-5-7-9/h9-10,12H,3-8H2,1-2H3. The lowest BCUT2D eigenvalue weighted by Crippen LogP contribution is -2.38. The maximum absolute atomic E-state index is 11.5. The summed E-state index contributed by atoms with van der Waals surface area (Å²) in [5.41, 5.74) is 0. The van der Waals surface area contributed by atoms with E-state index in [-0.39, 0.29) is 12.0 Å². The number of esters is 1. The zero-order chi connectivity index (χ0) is 11.1.